The minimum Gasteiger partial charge on any atom is -0.352 e. The van der Waals surface area contributed by atoms with Gasteiger partial charge in [0.05, 0.1) is 0 Å². The Morgan fingerprint density at radius 3 is 2.31 bits per heavy atom. The molecule has 1 atom stereocenters. The monoisotopic (exact) mass is 249 g/mol. The number of alkyl halides is 1. The second-order valence-electron chi connectivity index (χ2n) is 3.97. The van der Waals surface area contributed by atoms with Crippen LogP contribution in [0.2, 0.25) is 0 Å². The number of rotatable bonds is 5. The summed E-state index contributed by atoms with van der Waals surface area (Å²) in [5.74, 6) is 0.154. The summed E-state index contributed by atoms with van der Waals surface area (Å²) in [6, 6.07) is 0.262. The van der Waals surface area contributed by atoms with Crippen LogP contribution >= 0.6 is 15.9 Å². The summed E-state index contributed by atoms with van der Waals surface area (Å²) >= 11 is 3.38. The van der Waals surface area contributed by atoms with Gasteiger partial charge in [-0.15, -0.1) is 0 Å². The zero-order valence-electron chi connectivity index (χ0n) is 8.98. The van der Waals surface area contributed by atoms with E-state index in [-0.39, 0.29) is 17.4 Å². The first-order valence-corrected chi connectivity index (χ1v) is 5.97. The molecular formula is C10H20BrNO. The lowest BCUT2D eigenvalue weighted by Gasteiger charge is -2.24. The van der Waals surface area contributed by atoms with Gasteiger partial charge in [-0.1, -0.05) is 43.6 Å². The van der Waals surface area contributed by atoms with Crippen molar-refractivity contribution in [2.24, 2.45) is 5.41 Å². The smallest absolute Gasteiger partial charge is 0.225 e. The number of hydrogen-bond donors (Lipinski definition) is 1. The number of halogens is 1. The molecule has 2 nitrogen and oxygen atoms in total. The number of hydrogen-bond acceptors (Lipinski definition) is 1. The molecule has 0 fully saturated rings. The molecular weight excluding hydrogens is 230 g/mol. The van der Waals surface area contributed by atoms with Crippen LogP contribution < -0.4 is 5.32 Å². The van der Waals surface area contributed by atoms with E-state index in [9.17, 15) is 4.79 Å². The standard InChI is InChI=1S/C10H20BrNO/c1-5-8(7-11)12-9(13)10(3,4)6-2/h8H,5-7H2,1-4H3,(H,12,13). The van der Waals surface area contributed by atoms with Gasteiger partial charge in [0.1, 0.15) is 0 Å². The molecule has 0 saturated heterocycles. The predicted octanol–water partition coefficient (Wildman–Crippen LogP) is 2.71. The molecule has 13 heavy (non-hydrogen) atoms. The minimum absolute atomic E-state index is 0.154. The highest BCUT2D eigenvalue weighted by Crippen LogP contribution is 2.19. The summed E-state index contributed by atoms with van der Waals surface area (Å²) in [5, 5.41) is 3.85. The van der Waals surface area contributed by atoms with Crippen molar-refractivity contribution in [3.8, 4) is 0 Å². The topological polar surface area (TPSA) is 29.1 Å². The third-order valence-corrected chi connectivity index (χ3v) is 3.29. The van der Waals surface area contributed by atoms with Crippen molar-refractivity contribution in [1.29, 1.82) is 0 Å². The third kappa shape index (κ3) is 4.12. The van der Waals surface area contributed by atoms with Crippen molar-refractivity contribution in [1.82, 2.24) is 5.32 Å². The number of amides is 1. The second kappa shape index (κ2) is 5.63. The van der Waals surface area contributed by atoms with Gasteiger partial charge in [0.25, 0.3) is 0 Å². The molecule has 0 aromatic carbocycles. The van der Waals surface area contributed by atoms with E-state index >= 15 is 0 Å². The average molecular weight is 250 g/mol. The van der Waals surface area contributed by atoms with Gasteiger partial charge in [-0.3, -0.25) is 4.79 Å². The second-order valence-corrected chi connectivity index (χ2v) is 4.62. The summed E-state index contributed by atoms with van der Waals surface area (Å²) in [6.07, 6.45) is 1.84. The first-order valence-electron chi connectivity index (χ1n) is 4.84. The molecule has 0 aliphatic rings. The van der Waals surface area contributed by atoms with Crippen LogP contribution in [-0.2, 0) is 4.79 Å². The van der Waals surface area contributed by atoms with E-state index in [1.54, 1.807) is 0 Å². The molecule has 0 heterocycles. The molecule has 0 saturated carbocycles. The van der Waals surface area contributed by atoms with Crippen LogP contribution in [0.3, 0.4) is 0 Å². The molecule has 1 amide bonds. The number of carbonyl (C=O) groups is 1. The SMILES string of the molecule is CCC(CBr)NC(=O)C(C)(C)CC. The van der Waals surface area contributed by atoms with Gasteiger partial charge in [0, 0.05) is 16.8 Å². The first-order chi connectivity index (χ1) is 5.97. The zero-order valence-corrected chi connectivity index (χ0v) is 10.6. The molecule has 0 bridgehead atoms. The van der Waals surface area contributed by atoms with Gasteiger partial charge in [-0.05, 0) is 12.8 Å². The quantitative estimate of drug-likeness (QED) is 0.747. The van der Waals surface area contributed by atoms with E-state index in [4.69, 9.17) is 0 Å². The van der Waals surface area contributed by atoms with E-state index in [0.29, 0.717) is 0 Å². The molecule has 0 spiro atoms. The van der Waals surface area contributed by atoms with Gasteiger partial charge in [-0.2, -0.15) is 0 Å². The third-order valence-electron chi connectivity index (χ3n) is 2.51. The Labute approximate surface area is 89.6 Å². The Morgan fingerprint density at radius 1 is 1.46 bits per heavy atom. The van der Waals surface area contributed by atoms with Crippen LogP contribution in [0, 0.1) is 5.41 Å². The zero-order chi connectivity index (χ0) is 10.5. The fourth-order valence-electron chi connectivity index (χ4n) is 0.791. The van der Waals surface area contributed by atoms with Crippen molar-refractivity contribution in [2.45, 2.75) is 46.6 Å². The highest BCUT2D eigenvalue weighted by Gasteiger charge is 2.26. The van der Waals surface area contributed by atoms with Crippen LogP contribution in [0.25, 0.3) is 0 Å². The summed E-state index contributed by atoms with van der Waals surface area (Å²) in [7, 11) is 0. The van der Waals surface area contributed by atoms with Crippen molar-refractivity contribution >= 4 is 21.8 Å². The fraction of sp³-hybridized carbons (Fsp3) is 0.900. The number of nitrogens with one attached hydrogen (secondary N) is 1. The average Bonchev–Trinajstić information content (AvgIpc) is 2.13. The van der Waals surface area contributed by atoms with E-state index in [0.717, 1.165) is 18.2 Å². The maximum absolute atomic E-state index is 11.7. The van der Waals surface area contributed by atoms with Crippen LogP contribution in [0.5, 0.6) is 0 Å². The van der Waals surface area contributed by atoms with Gasteiger partial charge >= 0.3 is 0 Å². The Balaban J connectivity index is 4.13. The highest BCUT2D eigenvalue weighted by atomic mass is 79.9. The van der Waals surface area contributed by atoms with Crippen LogP contribution in [-0.4, -0.2) is 17.3 Å². The maximum Gasteiger partial charge on any atom is 0.225 e. The highest BCUT2D eigenvalue weighted by molar-refractivity contribution is 9.09. The van der Waals surface area contributed by atoms with E-state index in [2.05, 4.69) is 28.2 Å². The first kappa shape index (κ1) is 12.9. The lowest BCUT2D eigenvalue weighted by atomic mass is 9.89. The fourth-order valence-corrected chi connectivity index (χ4v) is 1.41. The van der Waals surface area contributed by atoms with Crippen LogP contribution in [0.15, 0.2) is 0 Å². The van der Waals surface area contributed by atoms with E-state index in [1.807, 2.05) is 20.8 Å². The molecule has 1 unspecified atom stereocenters. The predicted molar refractivity (Wildman–Crippen MR) is 60.1 cm³/mol. The number of carbonyl (C=O) groups excluding carboxylic acids is 1. The molecule has 0 aliphatic carbocycles. The summed E-state index contributed by atoms with van der Waals surface area (Å²) < 4.78 is 0. The lowest BCUT2D eigenvalue weighted by molar-refractivity contribution is -0.130. The van der Waals surface area contributed by atoms with Crippen molar-refractivity contribution in [2.75, 3.05) is 5.33 Å². The Bertz CT molecular complexity index is 164. The summed E-state index contributed by atoms with van der Waals surface area (Å²) in [6.45, 7) is 8.06. The Kier molecular flexibility index (Phi) is 5.61. The van der Waals surface area contributed by atoms with Gasteiger partial charge < -0.3 is 5.32 Å². The molecule has 1 N–H and O–H groups in total. The minimum atomic E-state index is -0.240. The molecule has 3 heteroatoms. The van der Waals surface area contributed by atoms with E-state index in [1.165, 1.54) is 0 Å². The van der Waals surface area contributed by atoms with Gasteiger partial charge in [0.15, 0.2) is 0 Å². The van der Waals surface area contributed by atoms with Crippen LogP contribution in [0.4, 0.5) is 0 Å². The Morgan fingerprint density at radius 2 is 2.00 bits per heavy atom. The maximum atomic E-state index is 11.7. The molecule has 0 aromatic heterocycles. The molecule has 78 valence electrons. The largest absolute Gasteiger partial charge is 0.352 e. The van der Waals surface area contributed by atoms with Gasteiger partial charge in [0.2, 0.25) is 5.91 Å². The van der Waals surface area contributed by atoms with Crippen LogP contribution in [0.1, 0.15) is 40.5 Å². The Hall–Kier alpha value is -0.0500. The summed E-state index contributed by atoms with van der Waals surface area (Å²) in [5.41, 5.74) is -0.240. The normalized spacial score (nSPS) is 13.9. The van der Waals surface area contributed by atoms with E-state index < -0.39 is 0 Å². The van der Waals surface area contributed by atoms with Gasteiger partial charge in [-0.25, -0.2) is 0 Å². The molecule has 0 radical (unpaired) electrons. The van der Waals surface area contributed by atoms with Crippen molar-refractivity contribution in [3.05, 3.63) is 0 Å². The summed E-state index contributed by atoms with van der Waals surface area (Å²) in [4.78, 5) is 11.7. The van der Waals surface area contributed by atoms with Crippen molar-refractivity contribution < 1.29 is 4.79 Å². The molecule has 0 rings (SSSR count). The van der Waals surface area contributed by atoms with Crippen molar-refractivity contribution in [3.63, 3.8) is 0 Å². The lowest BCUT2D eigenvalue weighted by Crippen LogP contribution is -2.43. The molecule has 0 aliphatic heterocycles. The molecule has 0 aromatic rings.